The summed E-state index contributed by atoms with van der Waals surface area (Å²) in [7, 11) is 3.44. The van der Waals surface area contributed by atoms with Crippen LogP contribution in [0, 0.1) is 0 Å². The zero-order valence-electron chi connectivity index (χ0n) is 7.86. The first-order valence-electron chi connectivity index (χ1n) is 4.77. The van der Waals surface area contributed by atoms with E-state index in [1.165, 1.54) is 12.8 Å². The van der Waals surface area contributed by atoms with Gasteiger partial charge in [-0.2, -0.15) is 0 Å². The van der Waals surface area contributed by atoms with E-state index < -0.39 is 0 Å². The standard InChI is InChI=1S/C10H13N2OP/c13-10-4-3-8(6-11-10)12-5-1-2-9(12)7-14/h3-4,6-7,9,14H,1-2,5H2,(H,11,13)/t9-/m0/s1. The molecule has 1 fully saturated rings. The molecule has 0 bridgehead atoms. The van der Waals surface area contributed by atoms with Crippen LogP contribution in [-0.2, 0) is 0 Å². The number of H-pyrrole nitrogens is 1. The van der Waals surface area contributed by atoms with E-state index in [2.05, 4.69) is 18.7 Å². The Morgan fingerprint density at radius 2 is 2.43 bits per heavy atom. The minimum absolute atomic E-state index is 0.0492. The van der Waals surface area contributed by atoms with E-state index in [0.717, 1.165) is 12.2 Å². The molecule has 0 aromatic carbocycles. The molecule has 1 aliphatic heterocycles. The highest BCUT2D eigenvalue weighted by Crippen LogP contribution is 2.23. The number of nitrogens with zero attached hydrogens (tertiary/aromatic N) is 1. The van der Waals surface area contributed by atoms with E-state index in [1.807, 2.05) is 11.9 Å². The van der Waals surface area contributed by atoms with Crippen molar-refractivity contribution in [3.63, 3.8) is 0 Å². The zero-order chi connectivity index (χ0) is 9.97. The third kappa shape index (κ3) is 1.73. The van der Waals surface area contributed by atoms with Gasteiger partial charge in [-0.15, -0.1) is 8.86 Å². The summed E-state index contributed by atoms with van der Waals surface area (Å²) in [5.41, 5.74) is 1.04. The van der Waals surface area contributed by atoms with Crippen LogP contribution < -0.4 is 10.5 Å². The van der Waals surface area contributed by atoms with E-state index in [9.17, 15) is 4.79 Å². The Kier molecular flexibility index (Phi) is 2.69. The molecule has 0 unspecified atom stereocenters. The molecule has 0 saturated carbocycles. The number of aromatic nitrogens is 1. The summed E-state index contributed by atoms with van der Waals surface area (Å²) >= 11 is 0. The molecular formula is C10H13N2OP. The molecule has 1 N–H and O–H groups in total. The summed E-state index contributed by atoms with van der Waals surface area (Å²) in [6, 6.07) is 3.88. The van der Waals surface area contributed by atoms with Gasteiger partial charge in [-0.25, -0.2) is 0 Å². The van der Waals surface area contributed by atoms with Crippen molar-refractivity contribution in [2.24, 2.45) is 0 Å². The van der Waals surface area contributed by atoms with Crippen molar-refractivity contribution in [1.29, 1.82) is 0 Å². The minimum atomic E-state index is -0.0492. The first-order chi connectivity index (χ1) is 6.81. The summed E-state index contributed by atoms with van der Waals surface area (Å²) in [5.74, 6) is 2.03. The highest BCUT2D eigenvalue weighted by molar-refractivity contribution is 7.18. The van der Waals surface area contributed by atoms with E-state index in [0.29, 0.717) is 6.04 Å². The Morgan fingerprint density at radius 1 is 1.57 bits per heavy atom. The SMILES string of the molecule is O=c1ccc(N2CCC[C@H]2C=P)c[nH]1. The predicted octanol–water partition coefficient (Wildman–Crippen LogP) is 1.29. The number of rotatable bonds is 2. The van der Waals surface area contributed by atoms with Crippen LogP contribution in [0.25, 0.3) is 0 Å². The molecule has 0 amide bonds. The normalized spacial score (nSPS) is 21.1. The molecule has 1 atom stereocenters. The smallest absolute Gasteiger partial charge is 0.248 e. The molecule has 0 radical (unpaired) electrons. The average molecular weight is 208 g/mol. The van der Waals surface area contributed by atoms with Crippen molar-refractivity contribution in [2.45, 2.75) is 18.9 Å². The molecular weight excluding hydrogens is 195 g/mol. The largest absolute Gasteiger partial charge is 0.364 e. The molecule has 74 valence electrons. The fraction of sp³-hybridized carbons (Fsp3) is 0.400. The highest BCUT2D eigenvalue weighted by atomic mass is 31.0. The molecule has 14 heavy (non-hydrogen) atoms. The number of hydrogen-bond acceptors (Lipinski definition) is 2. The fourth-order valence-corrected chi connectivity index (χ4v) is 2.21. The van der Waals surface area contributed by atoms with Gasteiger partial charge in [0, 0.05) is 18.8 Å². The molecule has 2 rings (SSSR count). The monoisotopic (exact) mass is 208 g/mol. The third-order valence-corrected chi connectivity index (χ3v) is 2.98. The summed E-state index contributed by atoms with van der Waals surface area (Å²) in [6.45, 7) is 1.05. The van der Waals surface area contributed by atoms with Gasteiger partial charge in [0.25, 0.3) is 0 Å². The number of aromatic amines is 1. The Morgan fingerprint density at radius 3 is 3.07 bits per heavy atom. The van der Waals surface area contributed by atoms with Gasteiger partial charge < -0.3 is 9.88 Å². The van der Waals surface area contributed by atoms with Crippen molar-refractivity contribution in [3.05, 3.63) is 28.7 Å². The number of anilines is 1. The lowest BCUT2D eigenvalue weighted by Gasteiger charge is -2.23. The van der Waals surface area contributed by atoms with E-state index >= 15 is 0 Å². The fourth-order valence-electron chi connectivity index (χ4n) is 1.87. The van der Waals surface area contributed by atoms with Crippen LogP contribution in [-0.4, -0.2) is 23.4 Å². The lowest BCUT2D eigenvalue weighted by molar-refractivity contribution is 0.863. The predicted molar refractivity (Wildman–Crippen MR) is 61.8 cm³/mol. The lowest BCUT2D eigenvalue weighted by Crippen LogP contribution is -2.30. The summed E-state index contributed by atoms with van der Waals surface area (Å²) in [4.78, 5) is 15.9. The quantitative estimate of drug-likeness (QED) is 0.743. The van der Waals surface area contributed by atoms with Gasteiger partial charge in [-0.1, -0.05) is 0 Å². The Bertz CT molecular complexity index is 367. The molecule has 4 heteroatoms. The molecule has 0 aliphatic carbocycles. The van der Waals surface area contributed by atoms with Crippen molar-refractivity contribution in [2.75, 3.05) is 11.4 Å². The Hall–Kier alpha value is -1.08. The van der Waals surface area contributed by atoms with Gasteiger partial charge in [0.2, 0.25) is 5.56 Å². The summed E-state index contributed by atoms with van der Waals surface area (Å²) in [5, 5.41) is 0. The maximum atomic E-state index is 10.9. The molecule has 0 spiro atoms. The van der Waals surface area contributed by atoms with Crippen LogP contribution in [0.1, 0.15) is 12.8 Å². The summed E-state index contributed by atoms with van der Waals surface area (Å²) < 4.78 is 0. The van der Waals surface area contributed by atoms with Crippen molar-refractivity contribution in [1.82, 2.24) is 4.98 Å². The second kappa shape index (κ2) is 3.97. The van der Waals surface area contributed by atoms with Crippen LogP contribution >= 0.6 is 8.86 Å². The Balaban J connectivity index is 2.25. The van der Waals surface area contributed by atoms with Crippen molar-refractivity contribution < 1.29 is 0 Å². The molecule has 1 saturated heterocycles. The van der Waals surface area contributed by atoms with Crippen LogP contribution in [0.2, 0.25) is 0 Å². The molecule has 1 aromatic rings. The van der Waals surface area contributed by atoms with Crippen LogP contribution in [0.15, 0.2) is 23.1 Å². The highest BCUT2D eigenvalue weighted by Gasteiger charge is 2.21. The van der Waals surface area contributed by atoms with Gasteiger partial charge in [-0.3, -0.25) is 4.79 Å². The van der Waals surface area contributed by atoms with Gasteiger partial charge >= 0.3 is 0 Å². The van der Waals surface area contributed by atoms with E-state index in [1.54, 1.807) is 12.3 Å². The molecule has 3 nitrogen and oxygen atoms in total. The maximum Gasteiger partial charge on any atom is 0.248 e. The van der Waals surface area contributed by atoms with E-state index in [4.69, 9.17) is 0 Å². The number of nitrogens with one attached hydrogen (secondary N) is 1. The van der Waals surface area contributed by atoms with Gasteiger partial charge in [0.1, 0.15) is 0 Å². The van der Waals surface area contributed by atoms with Crippen LogP contribution in [0.5, 0.6) is 0 Å². The van der Waals surface area contributed by atoms with Crippen molar-refractivity contribution in [3.8, 4) is 0 Å². The first kappa shape index (κ1) is 9.47. The minimum Gasteiger partial charge on any atom is -0.364 e. The van der Waals surface area contributed by atoms with Crippen LogP contribution in [0.4, 0.5) is 5.69 Å². The maximum absolute atomic E-state index is 10.9. The lowest BCUT2D eigenvalue weighted by atomic mass is 10.2. The third-order valence-electron chi connectivity index (χ3n) is 2.59. The second-order valence-electron chi connectivity index (χ2n) is 3.48. The topological polar surface area (TPSA) is 36.1 Å². The van der Waals surface area contributed by atoms with Crippen LogP contribution in [0.3, 0.4) is 0 Å². The van der Waals surface area contributed by atoms with Gasteiger partial charge in [-0.05, 0) is 24.7 Å². The summed E-state index contributed by atoms with van der Waals surface area (Å²) in [6.07, 6.45) is 4.14. The molecule has 1 aliphatic rings. The number of hydrogen-bond donors (Lipinski definition) is 1. The van der Waals surface area contributed by atoms with Crippen molar-refractivity contribution >= 4 is 20.3 Å². The molecule has 1 aromatic heterocycles. The first-order valence-corrected chi connectivity index (χ1v) is 5.35. The average Bonchev–Trinajstić information content (AvgIpc) is 2.67. The van der Waals surface area contributed by atoms with Gasteiger partial charge in [0.05, 0.1) is 11.7 Å². The van der Waals surface area contributed by atoms with Gasteiger partial charge in [0.15, 0.2) is 0 Å². The number of pyridine rings is 1. The molecule has 2 heterocycles. The van der Waals surface area contributed by atoms with E-state index in [-0.39, 0.29) is 5.56 Å². The Labute approximate surface area is 85.0 Å². The zero-order valence-corrected chi connectivity index (χ0v) is 8.86. The second-order valence-corrected chi connectivity index (χ2v) is 3.81.